The van der Waals surface area contributed by atoms with Gasteiger partial charge in [-0.1, -0.05) is 31.2 Å². The molecule has 0 spiro atoms. The molecular formula is C15H21N5O2. The fourth-order valence-corrected chi connectivity index (χ4v) is 2.15. The van der Waals surface area contributed by atoms with Crippen LogP contribution >= 0.6 is 0 Å². The first-order chi connectivity index (χ1) is 10.6. The summed E-state index contributed by atoms with van der Waals surface area (Å²) in [7, 11) is 1.62. The molecule has 1 amide bonds. The topological polar surface area (TPSA) is 84.0 Å². The van der Waals surface area contributed by atoms with Crippen molar-refractivity contribution in [1.29, 1.82) is 0 Å². The molecule has 0 atom stereocenters. The van der Waals surface area contributed by atoms with E-state index >= 15 is 0 Å². The predicted molar refractivity (Wildman–Crippen MR) is 81.1 cm³/mol. The summed E-state index contributed by atoms with van der Waals surface area (Å²) in [5.41, 5.74) is 0.952. The van der Waals surface area contributed by atoms with Crippen molar-refractivity contribution in [2.75, 3.05) is 13.7 Å². The molecule has 0 aliphatic rings. The highest BCUT2D eigenvalue weighted by Gasteiger charge is 2.17. The summed E-state index contributed by atoms with van der Waals surface area (Å²) in [4.78, 5) is 14.3. The number of tetrazole rings is 1. The smallest absolute Gasteiger partial charge is 0.227 e. The molecule has 2 rings (SSSR count). The molecule has 2 aromatic rings. The summed E-state index contributed by atoms with van der Waals surface area (Å²) < 4.78 is 5.12. The average molecular weight is 303 g/mol. The number of hydrogen-bond acceptors (Lipinski definition) is 5. The van der Waals surface area contributed by atoms with Crippen LogP contribution in [0.5, 0.6) is 5.75 Å². The summed E-state index contributed by atoms with van der Waals surface area (Å²) in [5, 5.41) is 13.8. The van der Waals surface area contributed by atoms with Gasteiger partial charge >= 0.3 is 0 Å². The third kappa shape index (κ3) is 4.54. The lowest BCUT2D eigenvalue weighted by Crippen LogP contribution is -2.35. The van der Waals surface area contributed by atoms with E-state index in [-0.39, 0.29) is 5.91 Å². The Bertz CT molecular complexity index is 580. The Hall–Kier alpha value is -2.44. The molecule has 0 saturated heterocycles. The highest BCUT2D eigenvalue weighted by atomic mass is 16.5. The highest BCUT2D eigenvalue weighted by molar-refractivity contribution is 5.78. The molecule has 0 fully saturated rings. The monoisotopic (exact) mass is 303 g/mol. The fourth-order valence-electron chi connectivity index (χ4n) is 2.15. The number of carbonyl (C=O) groups is 1. The van der Waals surface area contributed by atoms with Gasteiger partial charge in [0.25, 0.3) is 0 Å². The third-order valence-corrected chi connectivity index (χ3v) is 3.17. The van der Waals surface area contributed by atoms with E-state index in [0.29, 0.717) is 31.3 Å². The molecule has 0 bridgehead atoms. The number of methoxy groups -OCH3 is 1. The summed E-state index contributed by atoms with van der Waals surface area (Å²) in [6.07, 6.45) is 0.342. The number of aromatic nitrogens is 4. The van der Waals surface area contributed by atoms with Crippen LogP contribution in [0.4, 0.5) is 0 Å². The summed E-state index contributed by atoms with van der Waals surface area (Å²) >= 11 is 0. The van der Waals surface area contributed by atoms with E-state index in [1.807, 2.05) is 24.3 Å². The van der Waals surface area contributed by atoms with Gasteiger partial charge in [0.2, 0.25) is 5.91 Å². The molecule has 1 aromatic heterocycles. The van der Waals surface area contributed by atoms with Gasteiger partial charge in [-0.3, -0.25) is 4.79 Å². The van der Waals surface area contributed by atoms with Crippen molar-refractivity contribution in [1.82, 2.24) is 25.5 Å². The maximum Gasteiger partial charge on any atom is 0.227 e. The van der Waals surface area contributed by atoms with Crippen molar-refractivity contribution in [3.63, 3.8) is 0 Å². The summed E-state index contributed by atoms with van der Waals surface area (Å²) in [6.45, 7) is 5.17. The molecule has 1 N–H and O–H groups in total. The summed E-state index contributed by atoms with van der Waals surface area (Å²) in [6, 6.07) is 7.51. The van der Waals surface area contributed by atoms with Gasteiger partial charge in [-0.2, -0.15) is 5.21 Å². The quantitative estimate of drug-likeness (QED) is 0.836. The lowest BCUT2D eigenvalue weighted by molar-refractivity contribution is -0.131. The van der Waals surface area contributed by atoms with Crippen LogP contribution in [0, 0.1) is 5.92 Å². The second-order valence-corrected chi connectivity index (χ2v) is 5.52. The molecule has 0 radical (unpaired) electrons. The standard InChI is InChI=1S/C15H21N5O2/c1-11(2)9-20(10-14-16-18-19-17-14)15(21)8-12-4-6-13(22-3)7-5-12/h4-7,11H,8-10H2,1-3H3,(H,16,17,18,19). The number of H-pyrrole nitrogens is 1. The van der Waals surface area contributed by atoms with Crippen molar-refractivity contribution in [2.45, 2.75) is 26.8 Å². The second-order valence-electron chi connectivity index (χ2n) is 5.52. The number of ether oxygens (including phenoxy) is 1. The normalized spacial score (nSPS) is 10.7. The first kappa shape index (κ1) is 15.9. The lowest BCUT2D eigenvalue weighted by Gasteiger charge is -2.23. The van der Waals surface area contributed by atoms with Gasteiger partial charge in [-0.05, 0) is 23.6 Å². The average Bonchev–Trinajstić information content (AvgIpc) is 3.00. The van der Waals surface area contributed by atoms with Crippen LogP contribution in [0.3, 0.4) is 0 Å². The van der Waals surface area contributed by atoms with Gasteiger partial charge in [-0.25, -0.2) is 0 Å². The first-order valence-corrected chi connectivity index (χ1v) is 7.21. The number of rotatable bonds is 7. The van der Waals surface area contributed by atoms with E-state index < -0.39 is 0 Å². The zero-order valence-electron chi connectivity index (χ0n) is 13.1. The molecule has 1 heterocycles. The number of hydrogen-bond donors (Lipinski definition) is 1. The number of benzene rings is 1. The van der Waals surface area contributed by atoms with Crippen molar-refractivity contribution in [3.8, 4) is 5.75 Å². The van der Waals surface area contributed by atoms with Crippen molar-refractivity contribution in [3.05, 3.63) is 35.7 Å². The van der Waals surface area contributed by atoms with Gasteiger partial charge in [0.05, 0.1) is 20.1 Å². The van der Waals surface area contributed by atoms with E-state index in [9.17, 15) is 4.79 Å². The fraction of sp³-hybridized carbons (Fsp3) is 0.467. The summed E-state index contributed by atoms with van der Waals surface area (Å²) in [5.74, 6) is 1.71. The Morgan fingerprint density at radius 1 is 1.32 bits per heavy atom. The van der Waals surface area contributed by atoms with Crippen LogP contribution in [-0.2, 0) is 17.8 Å². The molecule has 22 heavy (non-hydrogen) atoms. The molecule has 0 aliphatic carbocycles. The molecule has 118 valence electrons. The minimum absolute atomic E-state index is 0.0451. The Morgan fingerprint density at radius 3 is 2.59 bits per heavy atom. The number of nitrogens with zero attached hydrogens (tertiary/aromatic N) is 4. The number of nitrogens with one attached hydrogen (secondary N) is 1. The Labute approximate surface area is 129 Å². The van der Waals surface area contributed by atoms with Crippen LogP contribution in [0.1, 0.15) is 25.2 Å². The predicted octanol–water partition coefficient (Wildman–Crippen LogP) is 1.44. The lowest BCUT2D eigenvalue weighted by atomic mass is 10.1. The van der Waals surface area contributed by atoms with Gasteiger partial charge in [0, 0.05) is 6.54 Å². The maximum atomic E-state index is 12.5. The van der Waals surface area contributed by atoms with Crippen LogP contribution < -0.4 is 4.74 Å². The van der Waals surface area contributed by atoms with Gasteiger partial charge in [-0.15, -0.1) is 10.2 Å². The first-order valence-electron chi connectivity index (χ1n) is 7.21. The van der Waals surface area contributed by atoms with E-state index in [1.54, 1.807) is 12.0 Å². The van der Waals surface area contributed by atoms with Crippen LogP contribution in [-0.4, -0.2) is 45.1 Å². The van der Waals surface area contributed by atoms with Gasteiger partial charge < -0.3 is 9.64 Å². The molecular weight excluding hydrogens is 282 g/mol. The highest BCUT2D eigenvalue weighted by Crippen LogP contribution is 2.13. The molecule has 7 heteroatoms. The minimum atomic E-state index is 0.0451. The number of aromatic amines is 1. The van der Waals surface area contributed by atoms with Crippen molar-refractivity contribution < 1.29 is 9.53 Å². The van der Waals surface area contributed by atoms with Crippen molar-refractivity contribution in [2.24, 2.45) is 5.92 Å². The maximum absolute atomic E-state index is 12.5. The molecule has 0 aliphatic heterocycles. The SMILES string of the molecule is COc1ccc(CC(=O)N(Cc2nn[nH]n2)CC(C)C)cc1. The largest absolute Gasteiger partial charge is 0.497 e. The van der Waals surface area contributed by atoms with Gasteiger partial charge in [0.1, 0.15) is 5.75 Å². The van der Waals surface area contributed by atoms with Crippen LogP contribution in [0.25, 0.3) is 0 Å². The number of amides is 1. The van der Waals surface area contributed by atoms with Crippen LogP contribution in [0.15, 0.2) is 24.3 Å². The Kier molecular flexibility index (Phi) is 5.46. The van der Waals surface area contributed by atoms with E-state index in [4.69, 9.17) is 4.74 Å². The molecule has 7 nitrogen and oxygen atoms in total. The van der Waals surface area contributed by atoms with E-state index in [1.165, 1.54) is 0 Å². The zero-order valence-corrected chi connectivity index (χ0v) is 13.1. The second kappa shape index (κ2) is 7.53. The van der Waals surface area contributed by atoms with Crippen LogP contribution in [0.2, 0.25) is 0 Å². The van der Waals surface area contributed by atoms with Gasteiger partial charge in [0.15, 0.2) is 5.82 Å². The minimum Gasteiger partial charge on any atom is -0.497 e. The van der Waals surface area contributed by atoms with Crippen molar-refractivity contribution >= 4 is 5.91 Å². The molecule has 0 unspecified atom stereocenters. The number of carbonyl (C=O) groups excluding carboxylic acids is 1. The third-order valence-electron chi connectivity index (χ3n) is 3.17. The van der Waals surface area contributed by atoms with E-state index in [2.05, 4.69) is 34.5 Å². The Balaban J connectivity index is 2.03. The molecule has 1 aromatic carbocycles. The zero-order chi connectivity index (χ0) is 15.9. The Morgan fingerprint density at radius 2 is 2.05 bits per heavy atom. The molecule has 0 saturated carbocycles. The van der Waals surface area contributed by atoms with E-state index in [0.717, 1.165) is 11.3 Å².